The van der Waals surface area contributed by atoms with E-state index in [2.05, 4.69) is 11.5 Å². The Labute approximate surface area is 110 Å². The fourth-order valence-electron chi connectivity index (χ4n) is 1.74. The Morgan fingerprint density at radius 1 is 1.39 bits per heavy atom. The summed E-state index contributed by atoms with van der Waals surface area (Å²) < 4.78 is 5.36. The number of esters is 1. The monoisotopic (exact) mass is 249 g/mol. The topological polar surface area (TPSA) is 29.5 Å². The minimum absolute atomic E-state index is 0.174. The SMILES string of the molecule is C=C1C=CC(C(=O)OC(C)(C)C)=CC1CN(C)C. The van der Waals surface area contributed by atoms with Crippen LogP contribution in [-0.4, -0.2) is 37.1 Å². The van der Waals surface area contributed by atoms with Crippen LogP contribution in [0.25, 0.3) is 0 Å². The summed E-state index contributed by atoms with van der Waals surface area (Å²) in [7, 11) is 4.01. The van der Waals surface area contributed by atoms with Crippen molar-refractivity contribution in [1.29, 1.82) is 0 Å². The van der Waals surface area contributed by atoms with E-state index in [1.165, 1.54) is 0 Å². The second-order valence-corrected chi connectivity index (χ2v) is 5.90. The van der Waals surface area contributed by atoms with Crippen molar-refractivity contribution in [3.05, 3.63) is 36.0 Å². The number of ether oxygens (including phenoxy) is 1. The Kier molecular flexibility index (Phi) is 4.52. The second kappa shape index (κ2) is 5.53. The van der Waals surface area contributed by atoms with Gasteiger partial charge in [-0.2, -0.15) is 0 Å². The first-order valence-corrected chi connectivity index (χ1v) is 6.16. The van der Waals surface area contributed by atoms with E-state index in [-0.39, 0.29) is 11.9 Å². The van der Waals surface area contributed by atoms with Crippen LogP contribution < -0.4 is 0 Å². The van der Waals surface area contributed by atoms with E-state index in [9.17, 15) is 4.79 Å². The van der Waals surface area contributed by atoms with Crippen molar-refractivity contribution in [1.82, 2.24) is 4.90 Å². The fraction of sp³-hybridized carbons (Fsp3) is 0.533. The molecule has 3 nitrogen and oxygen atoms in total. The van der Waals surface area contributed by atoms with Crippen molar-refractivity contribution >= 4 is 5.97 Å². The molecule has 1 aliphatic rings. The third kappa shape index (κ3) is 4.49. The van der Waals surface area contributed by atoms with Crippen molar-refractivity contribution < 1.29 is 9.53 Å². The van der Waals surface area contributed by atoms with E-state index in [4.69, 9.17) is 4.74 Å². The molecule has 18 heavy (non-hydrogen) atoms. The number of hydrogen-bond donors (Lipinski definition) is 0. The highest BCUT2D eigenvalue weighted by Crippen LogP contribution is 2.23. The van der Waals surface area contributed by atoms with Gasteiger partial charge in [-0.05, 0) is 46.5 Å². The summed E-state index contributed by atoms with van der Waals surface area (Å²) in [5.41, 5.74) is 1.18. The second-order valence-electron chi connectivity index (χ2n) is 5.90. The maximum atomic E-state index is 12.0. The number of carbonyl (C=O) groups is 1. The molecule has 0 aromatic carbocycles. The summed E-state index contributed by atoms with van der Waals surface area (Å²) in [5, 5.41) is 0. The maximum Gasteiger partial charge on any atom is 0.338 e. The van der Waals surface area contributed by atoms with Gasteiger partial charge in [-0.15, -0.1) is 0 Å². The molecule has 1 rings (SSSR count). The van der Waals surface area contributed by atoms with E-state index < -0.39 is 5.60 Å². The van der Waals surface area contributed by atoms with Gasteiger partial charge < -0.3 is 9.64 Å². The number of carbonyl (C=O) groups excluding carboxylic acids is 1. The Bertz CT molecular complexity index is 397. The molecular formula is C15H23NO2. The van der Waals surface area contributed by atoms with Crippen LogP contribution in [0.15, 0.2) is 36.0 Å². The lowest BCUT2D eigenvalue weighted by molar-refractivity contribution is -0.149. The normalized spacial score (nSPS) is 20.0. The molecule has 0 aromatic rings. The number of rotatable bonds is 3. The minimum atomic E-state index is -0.461. The van der Waals surface area contributed by atoms with Gasteiger partial charge in [0.05, 0.1) is 5.57 Å². The minimum Gasteiger partial charge on any atom is -0.456 e. The molecule has 100 valence electrons. The lowest BCUT2D eigenvalue weighted by Crippen LogP contribution is -2.27. The standard InChI is InChI=1S/C15H23NO2/c1-11-7-8-12(9-13(11)10-16(5)6)14(17)18-15(2,3)4/h7-9,13H,1,10H2,2-6H3. The van der Waals surface area contributed by atoms with E-state index in [1.807, 2.05) is 47.0 Å². The van der Waals surface area contributed by atoms with E-state index in [0.29, 0.717) is 5.57 Å². The highest BCUT2D eigenvalue weighted by atomic mass is 16.6. The molecule has 0 aromatic heterocycles. The molecule has 0 aliphatic heterocycles. The summed E-state index contributed by atoms with van der Waals surface area (Å²) in [4.78, 5) is 14.0. The maximum absolute atomic E-state index is 12.0. The zero-order chi connectivity index (χ0) is 13.9. The molecule has 0 amide bonds. The van der Waals surface area contributed by atoms with E-state index in [0.717, 1.165) is 12.1 Å². The predicted molar refractivity (Wildman–Crippen MR) is 74.3 cm³/mol. The molecular weight excluding hydrogens is 226 g/mol. The quantitative estimate of drug-likeness (QED) is 0.720. The van der Waals surface area contributed by atoms with Gasteiger partial charge in [0.1, 0.15) is 5.60 Å². The van der Waals surface area contributed by atoms with Crippen LogP contribution in [0.5, 0.6) is 0 Å². The molecule has 1 unspecified atom stereocenters. The van der Waals surface area contributed by atoms with E-state index >= 15 is 0 Å². The van der Waals surface area contributed by atoms with Gasteiger partial charge in [0.25, 0.3) is 0 Å². The smallest absolute Gasteiger partial charge is 0.338 e. The summed E-state index contributed by atoms with van der Waals surface area (Å²) in [6, 6.07) is 0. The molecule has 1 aliphatic carbocycles. The molecule has 0 spiro atoms. The first-order valence-electron chi connectivity index (χ1n) is 6.16. The zero-order valence-electron chi connectivity index (χ0n) is 12.0. The number of allylic oxidation sites excluding steroid dienone is 1. The van der Waals surface area contributed by atoms with Crippen LogP contribution in [0.3, 0.4) is 0 Å². The molecule has 1 atom stereocenters. The van der Waals surface area contributed by atoms with Crippen LogP contribution in [0.1, 0.15) is 20.8 Å². The molecule has 3 heteroatoms. The number of nitrogens with zero attached hydrogens (tertiary/aromatic N) is 1. The molecule has 0 fully saturated rings. The molecule has 0 saturated heterocycles. The van der Waals surface area contributed by atoms with Gasteiger partial charge in [-0.1, -0.05) is 18.7 Å². The van der Waals surface area contributed by atoms with Crippen LogP contribution in [0.2, 0.25) is 0 Å². The van der Waals surface area contributed by atoms with Crippen LogP contribution in [0, 0.1) is 5.92 Å². The number of hydrogen-bond acceptors (Lipinski definition) is 3. The Morgan fingerprint density at radius 3 is 2.50 bits per heavy atom. The van der Waals surface area contributed by atoms with Gasteiger partial charge in [0, 0.05) is 12.5 Å². The first kappa shape index (κ1) is 14.7. The van der Waals surface area contributed by atoms with Crippen LogP contribution >= 0.6 is 0 Å². The molecule has 0 heterocycles. The van der Waals surface area contributed by atoms with Gasteiger partial charge in [0.15, 0.2) is 0 Å². The third-order valence-electron chi connectivity index (χ3n) is 2.53. The summed E-state index contributed by atoms with van der Waals surface area (Å²) in [5.74, 6) is -0.0949. The van der Waals surface area contributed by atoms with Crippen molar-refractivity contribution in [2.45, 2.75) is 26.4 Å². The third-order valence-corrected chi connectivity index (χ3v) is 2.53. The van der Waals surface area contributed by atoms with Gasteiger partial charge in [-0.3, -0.25) is 0 Å². The van der Waals surface area contributed by atoms with E-state index in [1.54, 1.807) is 6.08 Å². The fourth-order valence-corrected chi connectivity index (χ4v) is 1.74. The molecule has 0 radical (unpaired) electrons. The van der Waals surface area contributed by atoms with Gasteiger partial charge in [0.2, 0.25) is 0 Å². The highest BCUT2D eigenvalue weighted by Gasteiger charge is 2.22. The summed E-state index contributed by atoms with van der Waals surface area (Å²) in [6.07, 6.45) is 5.62. The predicted octanol–water partition coefficient (Wildman–Crippen LogP) is 2.56. The lowest BCUT2D eigenvalue weighted by atomic mass is 9.91. The molecule has 0 N–H and O–H groups in total. The Hall–Kier alpha value is -1.35. The van der Waals surface area contributed by atoms with Crippen molar-refractivity contribution in [2.24, 2.45) is 5.92 Å². The average Bonchev–Trinajstić information content (AvgIpc) is 2.17. The average molecular weight is 249 g/mol. The molecule has 0 saturated carbocycles. The zero-order valence-corrected chi connectivity index (χ0v) is 12.0. The largest absolute Gasteiger partial charge is 0.456 e. The Balaban J connectivity index is 2.80. The Morgan fingerprint density at radius 2 is 2.00 bits per heavy atom. The van der Waals surface area contributed by atoms with Gasteiger partial charge >= 0.3 is 5.97 Å². The van der Waals surface area contributed by atoms with Crippen LogP contribution in [-0.2, 0) is 9.53 Å². The highest BCUT2D eigenvalue weighted by molar-refractivity contribution is 5.92. The van der Waals surface area contributed by atoms with Gasteiger partial charge in [-0.25, -0.2) is 4.79 Å². The van der Waals surface area contributed by atoms with Crippen molar-refractivity contribution in [2.75, 3.05) is 20.6 Å². The molecule has 0 bridgehead atoms. The summed E-state index contributed by atoms with van der Waals surface area (Å²) >= 11 is 0. The van der Waals surface area contributed by atoms with Crippen LogP contribution in [0.4, 0.5) is 0 Å². The van der Waals surface area contributed by atoms with Crippen molar-refractivity contribution in [3.8, 4) is 0 Å². The summed E-state index contributed by atoms with van der Waals surface area (Å²) in [6.45, 7) is 10.5. The van der Waals surface area contributed by atoms with Crippen molar-refractivity contribution in [3.63, 3.8) is 0 Å². The lowest BCUT2D eigenvalue weighted by Gasteiger charge is -2.24. The first-order chi connectivity index (χ1) is 8.19.